The summed E-state index contributed by atoms with van der Waals surface area (Å²) in [5, 5.41) is 17.3. The van der Waals surface area contributed by atoms with Gasteiger partial charge in [-0.15, -0.1) is 10.2 Å². The molecular weight excluding hydrogens is 242 g/mol. The smallest absolute Gasteiger partial charge is 0.303 e. The summed E-state index contributed by atoms with van der Waals surface area (Å²) in [7, 11) is 0. The molecule has 3 unspecified atom stereocenters. The number of aromatic nitrogens is 3. The van der Waals surface area contributed by atoms with Gasteiger partial charge in [-0.1, -0.05) is 12.2 Å². The number of rotatable bonds is 5. The first kappa shape index (κ1) is 12.4. The highest BCUT2D eigenvalue weighted by Crippen LogP contribution is 2.48. The van der Waals surface area contributed by atoms with Crippen LogP contribution in [0.5, 0.6) is 0 Å². The van der Waals surface area contributed by atoms with Crippen LogP contribution in [0.15, 0.2) is 12.2 Å². The van der Waals surface area contributed by atoms with Crippen LogP contribution in [0.3, 0.4) is 0 Å². The number of hydrogen-bond acceptors (Lipinski definition) is 3. The van der Waals surface area contributed by atoms with Crippen molar-refractivity contribution in [2.24, 2.45) is 11.8 Å². The van der Waals surface area contributed by atoms with Gasteiger partial charge in [0.2, 0.25) is 0 Å². The Kier molecular flexibility index (Phi) is 3.12. The van der Waals surface area contributed by atoms with Gasteiger partial charge < -0.3 is 9.67 Å². The first-order valence-corrected chi connectivity index (χ1v) is 6.95. The van der Waals surface area contributed by atoms with Crippen molar-refractivity contribution in [1.82, 2.24) is 14.8 Å². The van der Waals surface area contributed by atoms with Crippen LogP contribution in [-0.4, -0.2) is 25.8 Å². The standard InChI is InChI=1S/C14H19N3O2/c1-9-15-16-14(17(9)6-2-3-13(18)19)12-8-10-4-5-11(12)7-10/h4-5,10-12H,2-3,6-8H2,1H3,(H,18,19). The lowest BCUT2D eigenvalue weighted by Crippen LogP contribution is -2.14. The Hall–Kier alpha value is -1.65. The SMILES string of the molecule is Cc1nnc(C2CC3C=CC2C3)n1CCCC(=O)O. The molecule has 2 aliphatic rings. The Bertz CT molecular complexity index is 521. The van der Waals surface area contributed by atoms with Crippen LogP contribution in [0.4, 0.5) is 0 Å². The van der Waals surface area contributed by atoms with Crippen LogP contribution in [-0.2, 0) is 11.3 Å². The zero-order valence-corrected chi connectivity index (χ0v) is 11.1. The molecule has 19 heavy (non-hydrogen) atoms. The molecule has 102 valence electrons. The highest BCUT2D eigenvalue weighted by Gasteiger charge is 2.39. The van der Waals surface area contributed by atoms with Gasteiger partial charge in [0.15, 0.2) is 0 Å². The Morgan fingerprint density at radius 3 is 2.89 bits per heavy atom. The minimum Gasteiger partial charge on any atom is -0.481 e. The molecule has 1 aromatic heterocycles. The van der Waals surface area contributed by atoms with Gasteiger partial charge in [0.1, 0.15) is 11.6 Å². The van der Waals surface area contributed by atoms with E-state index in [0.29, 0.717) is 30.7 Å². The van der Waals surface area contributed by atoms with Crippen molar-refractivity contribution in [2.45, 2.75) is 45.1 Å². The Balaban J connectivity index is 1.75. The predicted molar refractivity (Wildman–Crippen MR) is 69.7 cm³/mol. The average Bonchev–Trinajstić information content (AvgIpc) is 3.05. The molecule has 3 atom stereocenters. The minimum absolute atomic E-state index is 0.202. The molecule has 2 aliphatic carbocycles. The molecule has 0 amide bonds. The average molecular weight is 261 g/mol. The van der Waals surface area contributed by atoms with Crippen molar-refractivity contribution in [2.75, 3.05) is 0 Å². The van der Waals surface area contributed by atoms with E-state index in [0.717, 1.165) is 18.1 Å². The minimum atomic E-state index is -0.741. The van der Waals surface area contributed by atoms with Gasteiger partial charge in [-0.25, -0.2) is 0 Å². The number of carboxylic acid groups (broad SMARTS) is 1. The normalized spacial score (nSPS) is 28.2. The molecule has 1 heterocycles. The number of allylic oxidation sites excluding steroid dienone is 2. The lowest BCUT2D eigenvalue weighted by Gasteiger charge is -2.18. The first-order valence-electron chi connectivity index (χ1n) is 6.95. The summed E-state index contributed by atoms with van der Waals surface area (Å²) in [4.78, 5) is 10.6. The van der Waals surface area contributed by atoms with Crippen LogP contribution in [0.25, 0.3) is 0 Å². The maximum Gasteiger partial charge on any atom is 0.303 e. The van der Waals surface area contributed by atoms with E-state index >= 15 is 0 Å². The zero-order chi connectivity index (χ0) is 13.4. The molecule has 0 aliphatic heterocycles. The number of carboxylic acids is 1. The van der Waals surface area contributed by atoms with E-state index in [4.69, 9.17) is 5.11 Å². The van der Waals surface area contributed by atoms with Crippen molar-refractivity contribution < 1.29 is 9.90 Å². The lowest BCUT2D eigenvalue weighted by atomic mass is 9.93. The van der Waals surface area contributed by atoms with Gasteiger partial charge in [-0.3, -0.25) is 4.79 Å². The molecule has 0 spiro atoms. The molecule has 1 fully saturated rings. The van der Waals surface area contributed by atoms with Crippen molar-refractivity contribution >= 4 is 5.97 Å². The summed E-state index contributed by atoms with van der Waals surface area (Å²) < 4.78 is 2.11. The van der Waals surface area contributed by atoms with Crippen molar-refractivity contribution in [3.8, 4) is 0 Å². The van der Waals surface area contributed by atoms with Crippen LogP contribution < -0.4 is 0 Å². The van der Waals surface area contributed by atoms with E-state index < -0.39 is 5.97 Å². The summed E-state index contributed by atoms with van der Waals surface area (Å²) in [6.07, 6.45) is 7.87. The number of carbonyl (C=O) groups is 1. The van der Waals surface area contributed by atoms with Gasteiger partial charge in [0.25, 0.3) is 0 Å². The van der Waals surface area contributed by atoms with Crippen molar-refractivity contribution in [3.05, 3.63) is 23.8 Å². The topological polar surface area (TPSA) is 68.0 Å². The first-order chi connectivity index (χ1) is 9.15. The third-order valence-corrected chi connectivity index (χ3v) is 4.35. The number of hydrogen-bond donors (Lipinski definition) is 1. The molecule has 5 heteroatoms. The van der Waals surface area contributed by atoms with Crippen LogP contribution >= 0.6 is 0 Å². The third-order valence-electron chi connectivity index (χ3n) is 4.35. The van der Waals surface area contributed by atoms with Gasteiger partial charge in [-0.05, 0) is 38.0 Å². The largest absolute Gasteiger partial charge is 0.481 e. The molecule has 2 bridgehead atoms. The van der Waals surface area contributed by atoms with Crippen LogP contribution in [0.1, 0.15) is 43.3 Å². The highest BCUT2D eigenvalue weighted by molar-refractivity contribution is 5.66. The van der Waals surface area contributed by atoms with E-state index in [1.54, 1.807) is 0 Å². The van der Waals surface area contributed by atoms with Crippen molar-refractivity contribution in [1.29, 1.82) is 0 Å². The molecular formula is C14H19N3O2. The molecule has 1 N–H and O–H groups in total. The number of aliphatic carboxylic acids is 1. The van der Waals surface area contributed by atoms with Gasteiger partial charge in [0, 0.05) is 18.9 Å². The maximum atomic E-state index is 10.6. The Labute approximate surface area is 112 Å². The van der Waals surface area contributed by atoms with E-state index in [9.17, 15) is 4.79 Å². The van der Waals surface area contributed by atoms with Crippen LogP contribution in [0.2, 0.25) is 0 Å². The fraction of sp³-hybridized carbons (Fsp3) is 0.643. The third kappa shape index (κ3) is 2.29. The van der Waals surface area contributed by atoms with E-state index in [1.165, 1.54) is 6.42 Å². The van der Waals surface area contributed by atoms with E-state index in [-0.39, 0.29) is 6.42 Å². The molecule has 0 radical (unpaired) electrons. The summed E-state index contributed by atoms with van der Waals surface area (Å²) in [5.41, 5.74) is 0. The van der Waals surface area contributed by atoms with E-state index in [2.05, 4.69) is 26.9 Å². The number of fused-ring (bicyclic) bond motifs is 2. The lowest BCUT2D eigenvalue weighted by molar-refractivity contribution is -0.137. The molecule has 3 rings (SSSR count). The second-order valence-electron chi connectivity index (χ2n) is 5.64. The molecule has 0 saturated heterocycles. The van der Waals surface area contributed by atoms with Crippen LogP contribution in [0, 0.1) is 18.8 Å². The summed E-state index contributed by atoms with van der Waals surface area (Å²) in [5.74, 6) is 2.99. The second-order valence-corrected chi connectivity index (χ2v) is 5.64. The van der Waals surface area contributed by atoms with Gasteiger partial charge in [0.05, 0.1) is 0 Å². The quantitative estimate of drug-likeness (QED) is 0.824. The molecule has 5 nitrogen and oxygen atoms in total. The number of aryl methyl sites for hydroxylation is 1. The second kappa shape index (κ2) is 4.79. The monoisotopic (exact) mass is 261 g/mol. The summed E-state index contributed by atoms with van der Waals surface area (Å²) in [6, 6.07) is 0. The van der Waals surface area contributed by atoms with E-state index in [1.807, 2.05) is 6.92 Å². The zero-order valence-electron chi connectivity index (χ0n) is 11.1. The highest BCUT2D eigenvalue weighted by atomic mass is 16.4. The van der Waals surface area contributed by atoms with Gasteiger partial charge in [-0.2, -0.15) is 0 Å². The molecule has 1 aromatic rings. The summed E-state index contributed by atoms with van der Waals surface area (Å²) in [6.45, 7) is 2.65. The Morgan fingerprint density at radius 2 is 2.26 bits per heavy atom. The fourth-order valence-electron chi connectivity index (χ4n) is 3.41. The molecule has 1 saturated carbocycles. The number of nitrogens with zero attached hydrogens (tertiary/aromatic N) is 3. The van der Waals surface area contributed by atoms with Crippen molar-refractivity contribution in [3.63, 3.8) is 0 Å². The fourth-order valence-corrected chi connectivity index (χ4v) is 3.41. The summed E-state index contributed by atoms with van der Waals surface area (Å²) >= 11 is 0. The predicted octanol–water partition coefficient (Wildman–Crippen LogP) is 2.13. The van der Waals surface area contributed by atoms with Gasteiger partial charge >= 0.3 is 5.97 Å². The molecule has 0 aromatic carbocycles. The Morgan fingerprint density at radius 1 is 1.42 bits per heavy atom. The maximum absolute atomic E-state index is 10.6.